The first-order chi connectivity index (χ1) is 6.76. The topological polar surface area (TPSA) is 0 Å². The first-order valence-electron chi connectivity index (χ1n) is 5.57. The minimum atomic E-state index is 0.0579. The number of rotatable bonds is 2. The Balaban J connectivity index is 3.18. The molecule has 0 nitrogen and oxygen atoms in total. The fourth-order valence-electron chi connectivity index (χ4n) is 1.75. The molecule has 0 fully saturated rings. The van der Waals surface area contributed by atoms with Crippen LogP contribution in [0.5, 0.6) is 0 Å². The average Bonchev–Trinajstić information content (AvgIpc) is 2.13. The van der Waals surface area contributed by atoms with Crippen LogP contribution in [0.4, 0.5) is 0 Å². The van der Waals surface area contributed by atoms with Gasteiger partial charge in [-0.2, -0.15) is 12.6 Å². The molecule has 0 aromatic rings. The van der Waals surface area contributed by atoms with Gasteiger partial charge in [0.2, 0.25) is 0 Å². The molecule has 0 aliphatic heterocycles. The van der Waals surface area contributed by atoms with Crippen LogP contribution in [-0.4, -0.2) is 5.25 Å². The van der Waals surface area contributed by atoms with Gasteiger partial charge in [0.25, 0.3) is 0 Å². The number of allylic oxidation sites excluding steroid dienone is 2. The molecule has 1 aliphatic rings. The van der Waals surface area contributed by atoms with Crippen LogP contribution < -0.4 is 0 Å². The molecule has 0 spiro atoms. The van der Waals surface area contributed by atoms with E-state index in [2.05, 4.69) is 59.6 Å². The highest BCUT2D eigenvalue weighted by atomic mass is 32.1. The van der Waals surface area contributed by atoms with E-state index in [1.807, 2.05) is 0 Å². The van der Waals surface area contributed by atoms with Crippen LogP contribution in [0.3, 0.4) is 0 Å². The lowest BCUT2D eigenvalue weighted by atomic mass is 9.73. The van der Waals surface area contributed by atoms with Crippen molar-refractivity contribution in [3.05, 3.63) is 29.0 Å². The van der Waals surface area contributed by atoms with E-state index in [-0.39, 0.29) is 5.41 Å². The van der Waals surface area contributed by atoms with Gasteiger partial charge in [0.05, 0.1) is 0 Å². The largest absolute Gasteiger partial charge is 0.175 e. The van der Waals surface area contributed by atoms with E-state index in [0.717, 1.165) is 6.42 Å². The predicted molar refractivity (Wildman–Crippen MR) is 71.4 cm³/mol. The van der Waals surface area contributed by atoms with Crippen molar-refractivity contribution >= 4 is 12.6 Å². The fraction of sp³-hybridized carbons (Fsp3) is 0.643. The molecule has 0 aromatic heterocycles. The van der Waals surface area contributed by atoms with Crippen LogP contribution in [0.15, 0.2) is 29.0 Å². The van der Waals surface area contributed by atoms with Crippen LogP contribution in [0.2, 0.25) is 0 Å². The smallest absolute Gasteiger partial charge is 0.0135 e. The van der Waals surface area contributed by atoms with Crippen LogP contribution in [0, 0.1) is 11.3 Å². The average molecular weight is 222 g/mol. The summed E-state index contributed by atoms with van der Waals surface area (Å²) in [5.41, 5.74) is 7.48. The molecule has 84 valence electrons. The maximum Gasteiger partial charge on any atom is 0.0135 e. The molecule has 1 rings (SSSR count). The van der Waals surface area contributed by atoms with Crippen molar-refractivity contribution in [2.24, 2.45) is 11.3 Å². The van der Waals surface area contributed by atoms with E-state index in [4.69, 9.17) is 0 Å². The van der Waals surface area contributed by atoms with Gasteiger partial charge in [-0.25, -0.2) is 0 Å². The zero-order valence-corrected chi connectivity index (χ0v) is 11.4. The van der Waals surface area contributed by atoms with E-state index >= 15 is 0 Å². The molecule has 2 unspecified atom stereocenters. The maximum absolute atomic E-state index is 4.66. The van der Waals surface area contributed by atoms with Crippen molar-refractivity contribution in [3.63, 3.8) is 0 Å². The van der Waals surface area contributed by atoms with Gasteiger partial charge in [-0.05, 0) is 37.3 Å². The molecular weight excluding hydrogens is 200 g/mol. The van der Waals surface area contributed by atoms with Gasteiger partial charge in [0.1, 0.15) is 0 Å². The van der Waals surface area contributed by atoms with Gasteiger partial charge in [-0.3, -0.25) is 0 Å². The van der Waals surface area contributed by atoms with Crippen LogP contribution >= 0.6 is 12.6 Å². The van der Waals surface area contributed by atoms with Crippen LogP contribution in [0.1, 0.15) is 41.0 Å². The summed E-state index contributed by atoms with van der Waals surface area (Å²) in [7, 11) is 0. The second-order valence-corrected chi connectivity index (χ2v) is 5.92. The molecule has 1 heteroatoms. The molecule has 0 bridgehead atoms. The lowest BCUT2D eigenvalue weighted by Crippen LogP contribution is -2.24. The summed E-state index contributed by atoms with van der Waals surface area (Å²) in [4.78, 5) is 0. The molecule has 0 saturated carbocycles. The molecule has 1 aliphatic carbocycles. The van der Waals surface area contributed by atoms with Crippen molar-refractivity contribution < 1.29 is 0 Å². The molecular formula is C14H22S. The van der Waals surface area contributed by atoms with Crippen molar-refractivity contribution in [1.29, 1.82) is 0 Å². The lowest BCUT2D eigenvalue weighted by molar-refractivity contribution is 0.485. The second-order valence-electron chi connectivity index (χ2n) is 5.25. The predicted octanol–water partition coefficient (Wildman–Crippen LogP) is 4.40. The van der Waals surface area contributed by atoms with E-state index < -0.39 is 0 Å². The summed E-state index contributed by atoms with van der Waals surface area (Å²) in [5.74, 6) is 0.540. The maximum atomic E-state index is 4.66. The Hall–Kier alpha value is -0.390. The highest BCUT2D eigenvalue weighted by Gasteiger charge is 2.30. The third-order valence-corrected chi connectivity index (χ3v) is 4.47. The Morgan fingerprint density at radius 2 is 2.07 bits per heavy atom. The summed E-state index contributed by atoms with van der Waals surface area (Å²) in [5, 5.41) is 0.430. The molecule has 0 aromatic carbocycles. The van der Waals surface area contributed by atoms with E-state index in [1.54, 1.807) is 0 Å². The summed E-state index contributed by atoms with van der Waals surface area (Å²) in [6.45, 7) is 15.0. The van der Waals surface area contributed by atoms with E-state index in [1.165, 1.54) is 16.7 Å². The van der Waals surface area contributed by atoms with Gasteiger partial charge < -0.3 is 0 Å². The first-order valence-corrected chi connectivity index (χ1v) is 6.09. The summed E-state index contributed by atoms with van der Waals surface area (Å²) in [6.07, 6.45) is 1.03. The molecule has 2 atom stereocenters. The standard InChI is InChI=1S/C14H22S/c1-9(2)14(5,6)12-7-10(3)11(4)13(15)8-12/h11,13,15H,1,8H2,2-6H3. The third kappa shape index (κ3) is 2.41. The number of hydrogen-bond acceptors (Lipinski definition) is 1. The molecule has 0 amide bonds. The highest BCUT2D eigenvalue weighted by Crippen LogP contribution is 2.40. The van der Waals surface area contributed by atoms with Gasteiger partial charge in [-0.15, -0.1) is 5.73 Å². The first kappa shape index (κ1) is 12.7. The number of thiol groups is 1. The fourth-order valence-corrected chi connectivity index (χ4v) is 2.15. The summed E-state index contributed by atoms with van der Waals surface area (Å²) < 4.78 is 0. The quantitative estimate of drug-likeness (QED) is 0.399. The molecule has 0 radical (unpaired) electrons. The number of hydrogen-bond donors (Lipinski definition) is 1. The van der Waals surface area contributed by atoms with Gasteiger partial charge >= 0.3 is 0 Å². The molecule has 15 heavy (non-hydrogen) atoms. The lowest BCUT2D eigenvalue weighted by Gasteiger charge is -2.33. The van der Waals surface area contributed by atoms with Crippen LogP contribution in [0.25, 0.3) is 0 Å². The van der Waals surface area contributed by atoms with Gasteiger partial charge in [0.15, 0.2) is 0 Å². The molecule has 0 N–H and O–H groups in total. The van der Waals surface area contributed by atoms with Gasteiger partial charge in [-0.1, -0.05) is 32.9 Å². The second kappa shape index (κ2) is 4.23. The Bertz CT molecular complexity index is 340. The van der Waals surface area contributed by atoms with E-state index in [0.29, 0.717) is 11.2 Å². The Labute approximate surface area is 99.6 Å². The summed E-state index contributed by atoms with van der Waals surface area (Å²) >= 11 is 4.66. The minimum absolute atomic E-state index is 0.0579. The normalized spacial score (nSPS) is 27.1. The Morgan fingerprint density at radius 1 is 1.53 bits per heavy atom. The van der Waals surface area contributed by atoms with Gasteiger partial charge in [0, 0.05) is 10.7 Å². The monoisotopic (exact) mass is 222 g/mol. The third-order valence-electron chi connectivity index (χ3n) is 3.84. The highest BCUT2D eigenvalue weighted by molar-refractivity contribution is 7.81. The van der Waals surface area contributed by atoms with Crippen molar-refractivity contribution in [3.8, 4) is 0 Å². The SMILES string of the molecule is C=C(C)C(C)(C)C1=C=C(C)C(C)C(S)C1. The minimum Gasteiger partial charge on any atom is -0.175 e. The zero-order valence-electron chi connectivity index (χ0n) is 10.5. The van der Waals surface area contributed by atoms with Crippen molar-refractivity contribution in [1.82, 2.24) is 0 Å². The Kier molecular flexibility index (Phi) is 3.58. The zero-order chi connectivity index (χ0) is 11.8. The Morgan fingerprint density at radius 3 is 2.47 bits per heavy atom. The molecule has 0 saturated heterocycles. The van der Waals surface area contributed by atoms with Crippen molar-refractivity contribution in [2.75, 3.05) is 0 Å². The molecule has 0 heterocycles. The van der Waals surface area contributed by atoms with Crippen LogP contribution in [-0.2, 0) is 0 Å². The van der Waals surface area contributed by atoms with Crippen molar-refractivity contribution in [2.45, 2.75) is 46.3 Å². The van der Waals surface area contributed by atoms with E-state index in [9.17, 15) is 0 Å². The summed E-state index contributed by atoms with van der Waals surface area (Å²) in [6, 6.07) is 0.